The Morgan fingerprint density at radius 1 is 1.36 bits per heavy atom. The van der Waals surface area contributed by atoms with Crippen LogP contribution in [0.3, 0.4) is 0 Å². The van der Waals surface area contributed by atoms with Crippen LogP contribution in [0.25, 0.3) is 10.7 Å². The Hall–Kier alpha value is -2.87. The number of rotatable bonds is 4. The van der Waals surface area contributed by atoms with Gasteiger partial charge in [-0.3, -0.25) is 0 Å². The van der Waals surface area contributed by atoms with Crippen LogP contribution in [0.4, 0.5) is 4.79 Å². The fourth-order valence-electron chi connectivity index (χ4n) is 2.93. The van der Waals surface area contributed by atoms with Crippen molar-refractivity contribution in [3.63, 3.8) is 0 Å². The molecule has 8 heteroatoms. The molecule has 0 saturated heterocycles. The van der Waals surface area contributed by atoms with Gasteiger partial charge in [0.2, 0.25) is 5.82 Å². The van der Waals surface area contributed by atoms with Gasteiger partial charge < -0.3 is 4.52 Å². The Bertz CT molecular complexity index is 924. The molecule has 2 aromatic heterocycles. The van der Waals surface area contributed by atoms with Gasteiger partial charge in [-0.2, -0.15) is 19.3 Å². The molecule has 1 aliphatic carbocycles. The van der Waals surface area contributed by atoms with E-state index in [1.807, 2.05) is 29.7 Å². The number of hydrogen-bond donors (Lipinski definition) is 0. The highest BCUT2D eigenvalue weighted by atomic mass is 32.1. The second-order valence-electron chi connectivity index (χ2n) is 5.59. The number of hydrogen-bond acceptors (Lipinski definition) is 6. The van der Waals surface area contributed by atoms with Gasteiger partial charge in [0.1, 0.15) is 11.6 Å². The highest BCUT2D eigenvalue weighted by Crippen LogP contribution is 2.23. The van der Waals surface area contributed by atoms with E-state index in [1.165, 1.54) is 20.8 Å². The second-order valence-corrected chi connectivity index (χ2v) is 6.53. The Kier molecular flexibility index (Phi) is 3.89. The zero-order valence-corrected chi connectivity index (χ0v) is 14.3. The first kappa shape index (κ1) is 15.6. The van der Waals surface area contributed by atoms with Gasteiger partial charge in [-0.1, -0.05) is 29.5 Å². The summed E-state index contributed by atoms with van der Waals surface area (Å²) < 4.78 is 6.84. The molecule has 0 spiro atoms. The predicted octanol–water partition coefficient (Wildman–Crippen LogP) is 2.48. The van der Waals surface area contributed by atoms with Gasteiger partial charge in [-0.15, -0.1) is 11.3 Å². The number of nitrogens with zero attached hydrogens (tertiary/aromatic N) is 4. The molecular weight excluding hydrogens is 340 g/mol. The molecule has 2 aromatic rings. The molecule has 1 atom stereocenters. The van der Waals surface area contributed by atoms with Crippen LogP contribution < -0.4 is 0 Å². The van der Waals surface area contributed by atoms with Gasteiger partial charge in [-0.05, 0) is 24.4 Å². The van der Waals surface area contributed by atoms with Gasteiger partial charge in [-0.25, -0.2) is 4.79 Å². The first-order chi connectivity index (χ1) is 12.2. The number of urea groups is 1. The molecule has 0 fully saturated rings. The minimum Gasteiger partial charge on any atom is -0.335 e. The van der Waals surface area contributed by atoms with Crippen LogP contribution in [0.15, 0.2) is 46.3 Å². The summed E-state index contributed by atoms with van der Waals surface area (Å²) in [5.41, 5.74) is 0.637. The van der Waals surface area contributed by atoms with Crippen LogP contribution >= 0.6 is 11.3 Å². The molecule has 1 unspecified atom stereocenters. The first-order valence-electron chi connectivity index (χ1n) is 7.90. The van der Waals surface area contributed by atoms with Crippen molar-refractivity contribution in [2.45, 2.75) is 13.5 Å². The Balaban J connectivity index is 1.70. The van der Waals surface area contributed by atoms with Crippen LogP contribution in [-0.4, -0.2) is 43.8 Å². The molecule has 0 radical (unpaired) electrons. The zero-order chi connectivity index (χ0) is 17.4. The summed E-state index contributed by atoms with van der Waals surface area (Å²) in [5.74, 6) is 0.168. The van der Waals surface area contributed by atoms with Crippen LogP contribution in [0.5, 0.6) is 0 Å². The van der Waals surface area contributed by atoms with E-state index in [2.05, 4.69) is 10.1 Å². The van der Waals surface area contributed by atoms with Crippen molar-refractivity contribution >= 4 is 29.0 Å². The monoisotopic (exact) mass is 355 g/mol. The predicted molar refractivity (Wildman–Crippen MR) is 91.1 cm³/mol. The van der Waals surface area contributed by atoms with E-state index in [9.17, 15) is 9.59 Å². The maximum Gasteiger partial charge on any atom is 0.501 e. The van der Waals surface area contributed by atoms with E-state index >= 15 is 0 Å². The van der Waals surface area contributed by atoms with Crippen molar-refractivity contribution in [3.05, 3.63) is 47.7 Å². The molecule has 3 heterocycles. The maximum atomic E-state index is 12.7. The minimum atomic E-state index is -0.456. The summed E-state index contributed by atoms with van der Waals surface area (Å²) in [6.45, 7) is 2.23. The summed E-state index contributed by atoms with van der Waals surface area (Å²) in [7, 11) is 0. The lowest BCUT2D eigenvalue weighted by Gasteiger charge is -2.25. The average Bonchev–Trinajstić information content (AvgIpc) is 3.30. The second kappa shape index (κ2) is 6.21. The van der Waals surface area contributed by atoms with Crippen molar-refractivity contribution in [3.8, 4) is 10.7 Å². The van der Waals surface area contributed by atoms with E-state index in [1.54, 1.807) is 19.1 Å². The van der Waals surface area contributed by atoms with Gasteiger partial charge in [0.05, 0.1) is 11.4 Å². The Morgan fingerprint density at radius 2 is 2.24 bits per heavy atom. The number of carbonyl (C=O) groups excluding carboxylic acids is 2. The molecule has 25 heavy (non-hydrogen) atoms. The van der Waals surface area contributed by atoms with Crippen LogP contribution in [-0.2, 0) is 11.3 Å². The number of thiophene rings is 1. The van der Waals surface area contributed by atoms with Gasteiger partial charge in [0.15, 0.2) is 6.54 Å². The fraction of sp³-hybridized carbons (Fsp3) is 0.235. The van der Waals surface area contributed by atoms with Gasteiger partial charge in [0.25, 0.3) is 5.89 Å². The highest BCUT2D eigenvalue weighted by molar-refractivity contribution is 7.13. The van der Waals surface area contributed by atoms with E-state index in [0.717, 1.165) is 4.88 Å². The summed E-state index contributed by atoms with van der Waals surface area (Å²) in [4.78, 5) is 31.7. The lowest BCUT2D eigenvalue weighted by atomic mass is 9.94. The smallest absolute Gasteiger partial charge is 0.335 e. The molecule has 0 aromatic carbocycles. The molecule has 1 aliphatic heterocycles. The molecule has 126 valence electrons. The van der Waals surface area contributed by atoms with Crippen LogP contribution in [0, 0.1) is 5.92 Å². The third-order valence-corrected chi connectivity index (χ3v) is 4.99. The summed E-state index contributed by atoms with van der Waals surface area (Å²) >= 11 is 1.51. The standard InChI is InChI=1S/C17H15N4O3S/c1-2-20-16(22)11-6-3-4-7-12(11)21(17(20)23)10-14-18-15(19-24-14)13-8-5-9-25-13/h3-9,11H,2,10H2,1H3/q+1. The van der Waals surface area contributed by atoms with E-state index in [4.69, 9.17) is 4.52 Å². The molecule has 2 aliphatic rings. The fourth-order valence-corrected chi connectivity index (χ4v) is 3.58. The molecular formula is C17H15N4O3S+. The number of allylic oxidation sites excluding steroid dienone is 3. The van der Waals surface area contributed by atoms with Crippen molar-refractivity contribution in [1.29, 1.82) is 0 Å². The van der Waals surface area contributed by atoms with E-state index in [-0.39, 0.29) is 18.5 Å². The summed E-state index contributed by atoms with van der Waals surface area (Å²) in [5, 5.41) is 5.91. The lowest BCUT2D eigenvalue weighted by Crippen LogP contribution is -2.53. The highest BCUT2D eigenvalue weighted by Gasteiger charge is 2.46. The van der Waals surface area contributed by atoms with Crippen LogP contribution in [0.2, 0.25) is 0 Å². The largest absolute Gasteiger partial charge is 0.501 e. The number of fused-ring (bicyclic) bond motifs is 1. The lowest BCUT2D eigenvalue weighted by molar-refractivity contribution is -0.460. The number of imide groups is 1. The van der Waals surface area contributed by atoms with Crippen molar-refractivity contribution in [2.75, 3.05) is 6.54 Å². The molecule has 3 amide bonds. The summed E-state index contributed by atoms with van der Waals surface area (Å²) in [6.07, 6.45) is 7.20. The average molecular weight is 355 g/mol. The first-order valence-corrected chi connectivity index (χ1v) is 8.78. The van der Waals surface area contributed by atoms with Crippen molar-refractivity contribution in [1.82, 2.24) is 15.0 Å². The topological polar surface area (TPSA) is 79.3 Å². The van der Waals surface area contributed by atoms with E-state index in [0.29, 0.717) is 24.0 Å². The van der Waals surface area contributed by atoms with Gasteiger partial charge >= 0.3 is 11.9 Å². The molecule has 0 N–H and O–H groups in total. The quantitative estimate of drug-likeness (QED) is 0.787. The molecule has 4 rings (SSSR count). The number of amides is 3. The minimum absolute atomic E-state index is 0.130. The number of aromatic nitrogens is 2. The molecule has 0 bridgehead atoms. The third kappa shape index (κ3) is 2.64. The zero-order valence-electron chi connectivity index (χ0n) is 13.5. The maximum absolute atomic E-state index is 12.7. The Labute approximate surface area is 147 Å². The SMILES string of the molecule is CCN1C(=O)C2C=CC=CC2=[N+](Cc2nc(-c3cccs3)no2)C1=O. The van der Waals surface area contributed by atoms with Gasteiger partial charge in [0, 0.05) is 0 Å². The summed E-state index contributed by atoms with van der Waals surface area (Å²) in [6, 6.07) is 3.45. The van der Waals surface area contributed by atoms with Crippen molar-refractivity contribution in [2.24, 2.45) is 5.92 Å². The normalized spacial score (nSPS) is 19.7. The van der Waals surface area contributed by atoms with Crippen LogP contribution in [0.1, 0.15) is 12.8 Å². The van der Waals surface area contributed by atoms with E-state index < -0.39 is 5.92 Å². The van der Waals surface area contributed by atoms with Crippen molar-refractivity contribution < 1.29 is 18.7 Å². The number of carbonyl (C=O) groups is 2. The third-order valence-electron chi connectivity index (χ3n) is 4.13. The molecule has 0 saturated carbocycles. The Morgan fingerprint density at radius 3 is 3.00 bits per heavy atom. The molecule has 7 nitrogen and oxygen atoms in total.